The third-order valence-corrected chi connectivity index (χ3v) is 5.73. The van der Waals surface area contributed by atoms with Gasteiger partial charge in [-0.3, -0.25) is 0 Å². The van der Waals surface area contributed by atoms with E-state index in [-0.39, 0.29) is 0 Å². The van der Waals surface area contributed by atoms with Gasteiger partial charge in [0.1, 0.15) is 0 Å². The number of hydrogen-bond acceptors (Lipinski definition) is 0. The van der Waals surface area contributed by atoms with Crippen LogP contribution < -0.4 is 5.30 Å². The van der Waals surface area contributed by atoms with Crippen molar-refractivity contribution in [2.24, 2.45) is 0 Å². The van der Waals surface area contributed by atoms with Crippen molar-refractivity contribution in [2.45, 2.75) is 38.8 Å². The molecule has 1 atom stereocenters. The molecule has 3 aromatic rings. The SMILES string of the molecule is CCCC(C)(C)Pc1cc2ccccc2c2ccccc12. The quantitative estimate of drug-likeness (QED) is 0.416. The lowest BCUT2D eigenvalue weighted by atomic mass is 10.0. The van der Waals surface area contributed by atoms with Crippen molar-refractivity contribution >= 4 is 35.4 Å². The van der Waals surface area contributed by atoms with Gasteiger partial charge in [0.25, 0.3) is 0 Å². The Morgan fingerprint density at radius 3 is 2.19 bits per heavy atom. The minimum atomic E-state index is 0.389. The van der Waals surface area contributed by atoms with Gasteiger partial charge < -0.3 is 0 Å². The lowest BCUT2D eigenvalue weighted by Gasteiger charge is -2.25. The molecule has 0 heterocycles. The topological polar surface area (TPSA) is 0 Å². The first-order chi connectivity index (χ1) is 10.1. The van der Waals surface area contributed by atoms with Crippen molar-refractivity contribution in [3.05, 3.63) is 54.6 Å². The Balaban J connectivity index is 2.21. The molecular weight excluding hydrogens is 271 g/mol. The molecule has 0 N–H and O–H groups in total. The van der Waals surface area contributed by atoms with Gasteiger partial charge in [0, 0.05) is 0 Å². The minimum Gasteiger partial charge on any atom is -0.0839 e. The summed E-state index contributed by atoms with van der Waals surface area (Å²) in [4.78, 5) is 0. The highest BCUT2D eigenvalue weighted by Gasteiger charge is 2.19. The van der Waals surface area contributed by atoms with Crippen molar-refractivity contribution in [3.63, 3.8) is 0 Å². The first kappa shape index (κ1) is 14.5. The zero-order valence-electron chi connectivity index (χ0n) is 13.1. The summed E-state index contributed by atoms with van der Waals surface area (Å²) in [5.74, 6) is 0. The van der Waals surface area contributed by atoms with Crippen LogP contribution in [0.1, 0.15) is 33.6 Å². The first-order valence-electron chi connectivity index (χ1n) is 7.79. The van der Waals surface area contributed by atoms with Gasteiger partial charge in [0.05, 0.1) is 0 Å². The maximum Gasteiger partial charge on any atom is -0.00991 e. The maximum atomic E-state index is 2.41. The predicted octanol–water partition coefficient (Wildman–Crippen LogP) is 5.88. The van der Waals surface area contributed by atoms with Crippen LogP contribution in [0, 0.1) is 0 Å². The van der Waals surface area contributed by atoms with Gasteiger partial charge in [-0.2, -0.15) is 0 Å². The molecule has 0 bridgehead atoms. The van der Waals surface area contributed by atoms with Gasteiger partial charge in [0.2, 0.25) is 0 Å². The molecule has 0 saturated heterocycles. The molecule has 108 valence electrons. The minimum absolute atomic E-state index is 0.389. The molecule has 0 spiro atoms. The lowest BCUT2D eigenvalue weighted by molar-refractivity contribution is 0.623. The average molecular weight is 294 g/mol. The van der Waals surface area contributed by atoms with Crippen LogP contribution in [0.15, 0.2) is 54.6 Å². The summed E-state index contributed by atoms with van der Waals surface area (Å²) >= 11 is 0. The highest BCUT2D eigenvalue weighted by molar-refractivity contribution is 7.49. The van der Waals surface area contributed by atoms with E-state index in [1.54, 1.807) is 0 Å². The summed E-state index contributed by atoms with van der Waals surface area (Å²) < 4.78 is 0. The van der Waals surface area contributed by atoms with Crippen LogP contribution in [-0.4, -0.2) is 5.16 Å². The van der Waals surface area contributed by atoms with Crippen molar-refractivity contribution in [1.82, 2.24) is 0 Å². The second kappa shape index (κ2) is 5.78. The molecule has 3 aromatic carbocycles. The molecule has 0 fully saturated rings. The molecule has 3 rings (SSSR count). The zero-order chi connectivity index (χ0) is 14.9. The van der Waals surface area contributed by atoms with E-state index in [1.165, 1.54) is 39.7 Å². The summed E-state index contributed by atoms with van der Waals surface area (Å²) in [5, 5.41) is 7.47. The summed E-state index contributed by atoms with van der Waals surface area (Å²) in [5.41, 5.74) is 0. The van der Waals surface area contributed by atoms with Crippen molar-refractivity contribution < 1.29 is 0 Å². The molecule has 0 saturated carbocycles. The van der Waals surface area contributed by atoms with E-state index in [2.05, 4.69) is 75.4 Å². The Hall–Kier alpha value is -1.39. The maximum absolute atomic E-state index is 2.41. The molecule has 21 heavy (non-hydrogen) atoms. The smallest absolute Gasteiger partial charge is 0.00991 e. The first-order valence-corrected chi connectivity index (χ1v) is 8.79. The third-order valence-electron chi connectivity index (χ3n) is 4.12. The molecule has 0 aromatic heterocycles. The number of hydrogen-bond donors (Lipinski definition) is 0. The summed E-state index contributed by atoms with van der Waals surface area (Å²) in [6, 6.07) is 20.0. The van der Waals surface area contributed by atoms with Crippen LogP contribution in [0.3, 0.4) is 0 Å². The zero-order valence-corrected chi connectivity index (χ0v) is 14.1. The van der Waals surface area contributed by atoms with Crippen LogP contribution in [0.2, 0.25) is 0 Å². The van der Waals surface area contributed by atoms with Crippen LogP contribution in [0.4, 0.5) is 0 Å². The van der Waals surface area contributed by atoms with Crippen LogP contribution in [0.5, 0.6) is 0 Å². The van der Waals surface area contributed by atoms with E-state index in [9.17, 15) is 0 Å². The molecule has 0 nitrogen and oxygen atoms in total. The molecule has 0 amide bonds. The number of benzene rings is 3. The largest absolute Gasteiger partial charge is 0.0839 e. The summed E-state index contributed by atoms with van der Waals surface area (Å²) in [6.45, 7) is 7.09. The van der Waals surface area contributed by atoms with E-state index in [4.69, 9.17) is 0 Å². The van der Waals surface area contributed by atoms with E-state index in [0.717, 1.165) is 8.58 Å². The van der Waals surface area contributed by atoms with E-state index >= 15 is 0 Å². The molecule has 0 radical (unpaired) electrons. The Morgan fingerprint density at radius 2 is 1.48 bits per heavy atom. The summed E-state index contributed by atoms with van der Waals surface area (Å²) in [6.07, 6.45) is 2.54. The second-order valence-electron chi connectivity index (χ2n) is 6.45. The standard InChI is InChI=1S/C20H23P/c1-4-13-20(2,3)21-19-14-15-9-5-6-10-16(15)17-11-7-8-12-18(17)19/h5-12,14,21H,4,13H2,1-3H3. The molecule has 0 aliphatic heterocycles. The average Bonchev–Trinajstić information content (AvgIpc) is 2.47. The second-order valence-corrected chi connectivity index (χ2v) is 8.59. The van der Waals surface area contributed by atoms with Gasteiger partial charge in [-0.05, 0) is 44.5 Å². The fourth-order valence-corrected chi connectivity index (χ4v) is 4.89. The molecular formula is C20H23P. The highest BCUT2D eigenvalue weighted by Crippen LogP contribution is 2.38. The fourth-order valence-electron chi connectivity index (χ4n) is 3.21. The van der Waals surface area contributed by atoms with Crippen molar-refractivity contribution in [1.29, 1.82) is 0 Å². The normalized spacial score (nSPS) is 12.7. The van der Waals surface area contributed by atoms with Crippen molar-refractivity contribution in [2.75, 3.05) is 0 Å². The van der Waals surface area contributed by atoms with Crippen LogP contribution in [0.25, 0.3) is 21.5 Å². The third kappa shape index (κ3) is 2.97. The number of fused-ring (bicyclic) bond motifs is 3. The lowest BCUT2D eigenvalue weighted by Crippen LogP contribution is -2.17. The fraction of sp³-hybridized carbons (Fsp3) is 0.300. The molecule has 0 aliphatic rings. The van der Waals surface area contributed by atoms with Gasteiger partial charge in [-0.25, -0.2) is 0 Å². The van der Waals surface area contributed by atoms with E-state index in [0.29, 0.717) is 5.16 Å². The number of rotatable bonds is 4. The molecule has 1 heteroatoms. The Morgan fingerprint density at radius 1 is 0.857 bits per heavy atom. The molecule has 1 unspecified atom stereocenters. The predicted molar refractivity (Wildman–Crippen MR) is 98.4 cm³/mol. The van der Waals surface area contributed by atoms with Gasteiger partial charge in [-0.1, -0.05) is 84.3 Å². The Labute approximate surface area is 129 Å². The van der Waals surface area contributed by atoms with Gasteiger partial charge >= 0.3 is 0 Å². The summed E-state index contributed by atoms with van der Waals surface area (Å²) in [7, 11) is 0.855. The van der Waals surface area contributed by atoms with E-state index < -0.39 is 0 Å². The van der Waals surface area contributed by atoms with Crippen LogP contribution in [-0.2, 0) is 0 Å². The Bertz CT molecular complexity index is 771. The highest BCUT2D eigenvalue weighted by atomic mass is 31.1. The monoisotopic (exact) mass is 294 g/mol. The molecule has 0 aliphatic carbocycles. The van der Waals surface area contributed by atoms with Crippen LogP contribution >= 0.6 is 8.58 Å². The van der Waals surface area contributed by atoms with E-state index in [1.807, 2.05) is 0 Å². The van der Waals surface area contributed by atoms with Crippen molar-refractivity contribution in [3.8, 4) is 0 Å². The van der Waals surface area contributed by atoms with Gasteiger partial charge in [0.15, 0.2) is 0 Å². The van der Waals surface area contributed by atoms with Gasteiger partial charge in [-0.15, -0.1) is 0 Å². The Kier molecular flexibility index (Phi) is 4.00.